The van der Waals surface area contributed by atoms with Crippen LogP contribution in [0.25, 0.3) is 16.6 Å². The molecule has 2 aromatic heterocycles. The predicted octanol–water partition coefficient (Wildman–Crippen LogP) is 3.60. The maximum absolute atomic E-state index is 12.5. The number of amides is 1. The van der Waals surface area contributed by atoms with E-state index in [1.54, 1.807) is 10.7 Å². The molecule has 6 nitrogen and oxygen atoms in total. The summed E-state index contributed by atoms with van der Waals surface area (Å²) in [7, 11) is 0. The number of alkyl halides is 2. The Kier molecular flexibility index (Phi) is 5.73. The second-order valence-electron chi connectivity index (χ2n) is 6.36. The van der Waals surface area contributed by atoms with Crippen molar-refractivity contribution >= 4 is 16.8 Å². The Hall–Kier alpha value is -2.90. The van der Waals surface area contributed by atoms with Gasteiger partial charge in [0.25, 0.3) is 5.91 Å². The highest BCUT2D eigenvalue weighted by atomic mass is 19.3. The number of para-hydroxylation sites is 1. The summed E-state index contributed by atoms with van der Waals surface area (Å²) in [5, 5.41) is 11.9. The molecule has 8 heteroatoms. The third-order valence-corrected chi connectivity index (χ3v) is 4.42. The first-order valence-corrected chi connectivity index (χ1v) is 8.83. The lowest BCUT2D eigenvalue weighted by Crippen LogP contribution is -2.25. The van der Waals surface area contributed by atoms with Gasteiger partial charge in [0.2, 0.25) is 6.43 Å². The molecule has 3 aromatic rings. The van der Waals surface area contributed by atoms with Crippen LogP contribution in [0, 0.1) is 13.8 Å². The van der Waals surface area contributed by atoms with E-state index < -0.39 is 6.43 Å². The molecule has 0 saturated carbocycles. The Labute approximate surface area is 155 Å². The number of hydrogen-bond donors (Lipinski definition) is 1. The summed E-state index contributed by atoms with van der Waals surface area (Å²) in [5.41, 5.74) is 3.34. The van der Waals surface area contributed by atoms with E-state index >= 15 is 0 Å². The lowest BCUT2D eigenvalue weighted by Gasteiger charge is -2.11. The van der Waals surface area contributed by atoms with E-state index in [4.69, 9.17) is 0 Å². The van der Waals surface area contributed by atoms with Crippen LogP contribution >= 0.6 is 0 Å². The number of unbranched alkanes of at least 4 members (excludes halogenated alkanes) is 1. The number of nitrogens with zero attached hydrogens (tertiary/aromatic N) is 4. The fourth-order valence-corrected chi connectivity index (χ4v) is 2.80. The highest BCUT2D eigenvalue weighted by molar-refractivity contribution is 5.97. The van der Waals surface area contributed by atoms with Gasteiger partial charge < -0.3 is 5.32 Å². The van der Waals surface area contributed by atoms with Gasteiger partial charge in [0.05, 0.1) is 22.6 Å². The average Bonchev–Trinajstić information content (AvgIpc) is 2.99. The fraction of sp³-hybridized carbons (Fsp3) is 0.368. The monoisotopic (exact) mass is 373 g/mol. The Morgan fingerprint density at radius 2 is 2.00 bits per heavy atom. The van der Waals surface area contributed by atoms with Crippen molar-refractivity contribution in [2.75, 3.05) is 6.54 Å². The molecule has 0 aliphatic carbocycles. The number of benzene rings is 1. The Bertz CT molecular complexity index is 954. The van der Waals surface area contributed by atoms with Crippen molar-refractivity contribution in [3.63, 3.8) is 0 Å². The van der Waals surface area contributed by atoms with Crippen molar-refractivity contribution in [2.45, 2.75) is 39.5 Å². The number of fused-ring (bicyclic) bond motifs is 1. The van der Waals surface area contributed by atoms with Crippen LogP contribution in [0.2, 0.25) is 0 Å². The Morgan fingerprint density at radius 1 is 1.22 bits per heavy atom. The largest absolute Gasteiger partial charge is 0.351 e. The third kappa shape index (κ3) is 4.27. The SMILES string of the molecule is Cc1nnn(-c2cc(C(=O)NCCCCC(F)F)nc3ccccc23)c1C. The Morgan fingerprint density at radius 3 is 2.70 bits per heavy atom. The molecular weight excluding hydrogens is 352 g/mol. The number of halogens is 2. The topological polar surface area (TPSA) is 72.7 Å². The summed E-state index contributed by atoms with van der Waals surface area (Å²) in [5.74, 6) is -0.339. The summed E-state index contributed by atoms with van der Waals surface area (Å²) in [4.78, 5) is 16.9. The highest BCUT2D eigenvalue weighted by Gasteiger charge is 2.15. The zero-order valence-electron chi connectivity index (χ0n) is 15.2. The predicted molar refractivity (Wildman–Crippen MR) is 98.3 cm³/mol. The van der Waals surface area contributed by atoms with Gasteiger partial charge in [-0.1, -0.05) is 23.4 Å². The molecule has 0 radical (unpaired) electrons. The number of aryl methyl sites for hydroxylation is 1. The molecule has 1 N–H and O–H groups in total. The van der Waals surface area contributed by atoms with Crippen LogP contribution in [0.4, 0.5) is 8.78 Å². The average molecular weight is 373 g/mol. The van der Waals surface area contributed by atoms with Crippen molar-refractivity contribution in [1.29, 1.82) is 0 Å². The molecule has 142 valence electrons. The number of pyridine rings is 1. The van der Waals surface area contributed by atoms with Crippen LogP contribution < -0.4 is 5.32 Å². The number of hydrogen-bond acceptors (Lipinski definition) is 4. The van der Waals surface area contributed by atoms with Crippen molar-refractivity contribution in [1.82, 2.24) is 25.3 Å². The summed E-state index contributed by atoms with van der Waals surface area (Å²) < 4.78 is 26.0. The zero-order valence-corrected chi connectivity index (χ0v) is 15.2. The molecule has 3 rings (SSSR count). The van der Waals surface area contributed by atoms with Crippen molar-refractivity contribution in [3.8, 4) is 5.69 Å². The molecule has 0 bridgehead atoms. The van der Waals surface area contributed by atoms with Crippen LogP contribution in [-0.4, -0.2) is 38.9 Å². The fourth-order valence-electron chi connectivity index (χ4n) is 2.80. The lowest BCUT2D eigenvalue weighted by molar-refractivity contribution is 0.0947. The van der Waals surface area contributed by atoms with E-state index in [0.29, 0.717) is 24.9 Å². The van der Waals surface area contributed by atoms with Gasteiger partial charge in [-0.25, -0.2) is 18.4 Å². The summed E-state index contributed by atoms with van der Waals surface area (Å²) in [6.45, 7) is 4.11. The molecule has 1 amide bonds. The standard InChI is InChI=1S/C19H21F2N5O/c1-12-13(2)26(25-24-12)17-11-16(23-15-8-4-3-7-14(15)17)19(27)22-10-6-5-9-18(20)21/h3-4,7-8,11,18H,5-6,9-10H2,1-2H3,(H,22,27). The van der Waals surface area contributed by atoms with E-state index in [1.165, 1.54) is 0 Å². The quantitative estimate of drug-likeness (QED) is 0.642. The van der Waals surface area contributed by atoms with Crippen LogP contribution in [-0.2, 0) is 0 Å². The van der Waals surface area contributed by atoms with Crippen molar-refractivity contribution in [2.24, 2.45) is 0 Å². The highest BCUT2D eigenvalue weighted by Crippen LogP contribution is 2.23. The summed E-state index contributed by atoms with van der Waals surface area (Å²) >= 11 is 0. The van der Waals surface area contributed by atoms with Crippen LogP contribution in [0.1, 0.15) is 41.1 Å². The second kappa shape index (κ2) is 8.20. The van der Waals surface area contributed by atoms with Crippen molar-refractivity contribution in [3.05, 3.63) is 47.4 Å². The number of rotatable bonds is 7. The van der Waals surface area contributed by atoms with E-state index in [9.17, 15) is 13.6 Å². The number of carbonyl (C=O) groups excluding carboxylic acids is 1. The van der Waals surface area contributed by atoms with Crippen LogP contribution in [0.5, 0.6) is 0 Å². The molecule has 0 aliphatic rings. The second-order valence-corrected chi connectivity index (χ2v) is 6.36. The van der Waals surface area contributed by atoms with Gasteiger partial charge in [0, 0.05) is 18.4 Å². The van der Waals surface area contributed by atoms with E-state index in [0.717, 1.165) is 22.5 Å². The van der Waals surface area contributed by atoms with Gasteiger partial charge in [-0.2, -0.15) is 0 Å². The summed E-state index contributed by atoms with van der Waals surface area (Å²) in [6, 6.07) is 9.18. The molecule has 0 atom stereocenters. The first kappa shape index (κ1) is 18.9. The molecule has 0 spiro atoms. The molecule has 0 unspecified atom stereocenters. The Balaban J connectivity index is 1.86. The smallest absolute Gasteiger partial charge is 0.269 e. The van der Waals surface area contributed by atoms with Gasteiger partial charge in [0.1, 0.15) is 5.69 Å². The zero-order chi connectivity index (χ0) is 19.4. The molecule has 0 aliphatic heterocycles. The lowest BCUT2D eigenvalue weighted by atomic mass is 10.1. The maximum Gasteiger partial charge on any atom is 0.269 e. The molecular formula is C19H21F2N5O. The van der Waals surface area contributed by atoms with Gasteiger partial charge in [-0.15, -0.1) is 5.10 Å². The van der Waals surface area contributed by atoms with E-state index in [1.807, 2.05) is 38.1 Å². The maximum atomic E-state index is 12.5. The van der Waals surface area contributed by atoms with Crippen LogP contribution in [0.15, 0.2) is 30.3 Å². The minimum Gasteiger partial charge on any atom is -0.351 e. The van der Waals surface area contributed by atoms with Gasteiger partial charge in [0.15, 0.2) is 0 Å². The third-order valence-electron chi connectivity index (χ3n) is 4.42. The molecule has 0 fully saturated rings. The minimum atomic E-state index is -2.31. The van der Waals surface area contributed by atoms with E-state index in [-0.39, 0.29) is 18.0 Å². The number of aromatic nitrogens is 4. The van der Waals surface area contributed by atoms with Crippen molar-refractivity contribution < 1.29 is 13.6 Å². The first-order valence-electron chi connectivity index (χ1n) is 8.83. The van der Waals surface area contributed by atoms with Gasteiger partial charge >= 0.3 is 0 Å². The minimum absolute atomic E-state index is 0.154. The van der Waals surface area contributed by atoms with Crippen LogP contribution in [0.3, 0.4) is 0 Å². The number of carbonyl (C=O) groups is 1. The normalized spacial score (nSPS) is 11.3. The first-order chi connectivity index (χ1) is 13.0. The van der Waals surface area contributed by atoms with Gasteiger partial charge in [-0.3, -0.25) is 4.79 Å². The molecule has 0 saturated heterocycles. The molecule has 2 heterocycles. The number of nitrogens with one attached hydrogen (secondary N) is 1. The molecule has 1 aromatic carbocycles. The molecule has 27 heavy (non-hydrogen) atoms. The van der Waals surface area contributed by atoms with E-state index in [2.05, 4.69) is 20.6 Å². The summed E-state index contributed by atoms with van der Waals surface area (Å²) in [6.07, 6.45) is -1.59. The van der Waals surface area contributed by atoms with Gasteiger partial charge in [-0.05, 0) is 38.8 Å².